The van der Waals surface area contributed by atoms with E-state index in [1.54, 1.807) is 12.1 Å². The minimum atomic E-state index is -0.364. The molecule has 0 aliphatic heterocycles. The average molecular weight is 370 g/mol. The molecular formula is C20H19FN2O2S. The van der Waals surface area contributed by atoms with E-state index in [2.05, 4.69) is 10.2 Å². The first-order valence-electron chi connectivity index (χ1n) is 8.23. The van der Waals surface area contributed by atoms with Gasteiger partial charge in [0.1, 0.15) is 5.82 Å². The Morgan fingerprint density at radius 3 is 2.38 bits per heavy atom. The van der Waals surface area contributed by atoms with Crippen LogP contribution in [0.25, 0.3) is 11.5 Å². The van der Waals surface area contributed by atoms with Crippen molar-refractivity contribution < 1.29 is 13.6 Å². The molecule has 2 aromatic carbocycles. The molecule has 1 atom stereocenters. The van der Waals surface area contributed by atoms with E-state index >= 15 is 0 Å². The summed E-state index contributed by atoms with van der Waals surface area (Å²) in [5, 5.41) is 7.91. The Bertz CT molecular complexity index is 951. The summed E-state index contributed by atoms with van der Waals surface area (Å²) in [6.45, 7) is 7.79. The Kier molecular flexibility index (Phi) is 5.23. The van der Waals surface area contributed by atoms with Crippen molar-refractivity contribution in [2.24, 2.45) is 0 Å². The van der Waals surface area contributed by atoms with Gasteiger partial charge in [0.25, 0.3) is 5.22 Å². The molecule has 0 radical (unpaired) electrons. The van der Waals surface area contributed by atoms with E-state index in [0.717, 1.165) is 11.1 Å². The summed E-state index contributed by atoms with van der Waals surface area (Å²) in [6, 6.07) is 9.78. The topological polar surface area (TPSA) is 56.0 Å². The quantitative estimate of drug-likeness (QED) is 0.458. The number of aryl methyl sites for hydroxylation is 3. The Labute approximate surface area is 155 Å². The number of hydrogen-bond acceptors (Lipinski definition) is 5. The lowest BCUT2D eigenvalue weighted by atomic mass is 9.97. The molecule has 0 aliphatic rings. The summed E-state index contributed by atoms with van der Waals surface area (Å²) >= 11 is 1.22. The van der Waals surface area contributed by atoms with E-state index in [1.165, 1.54) is 29.5 Å². The van der Waals surface area contributed by atoms with Gasteiger partial charge in [-0.25, -0.2) is 4.39 Å². The van der Waals surface area contributed by atoms with Gasteiger partial charge in [-0.15, -0.1) is 10.2 Å². The molecule has 0 unspecified atom stereocenters. The maximum absolute atomic E-state index is 13.0. The molecule has 26 heavy (non-hydrogen) atoms. The average Bonchev–Trinajstić information content (AvgIpc) is 3.06. The van der Waals surface area contributed by atoms with E-state index in [1.807, 2.05) is 39.8 Å². The van der Waals surface area contributed by atoms with Gasteiger partial charge in [0, 0.05) is 11.1 Å². The van der Waals surface area contributed by atoms with Gasteiger partial charge in [0.15, 0.2) is 5.78 Å². The van der Waals surface area contributed by atoms with Crippen LogP contribution in [0.1, 0.15) is 34.0 Å². The van der Waals surface area contributed by atoms with Crippen molar-refractivity contribution in [3.05, 3.63) is 64.5 Å². The van der Waals surface area contributed by atoms with E-state index in [-0.39, 0.29) is 16.9 Å². The van der Waals surface area contributed by atoms with Crippen LogP contribution in [0.5, 0.6) is 0 Å². The molecule has 1 heterocycles. The van der Waals surface area contributed by atoms with E-state index in [4.69, 9.17) is 4.42 Å². The first kappa shape index (κ1) is 18.3. The van der Waals surface area contributed by atoms with Crippen LogP contribution in [-0.4, -0.2) is 21.2 Å². The second kappa shape index (κ2) is 7.41. The van der Waals surface area contributed by atoms with Crippen LogP contribution in [0.3, 0.4) is 0 Å². The fraction of sp³-hybridized carbons (Fsp3) is 0.250. The zero-order valence-corrected chi connectivity index (χ0v) is 15.9. The highest BCUT2D eigenvalue weighted by Crippen LogP contribution is 2.29. The zero-order valence-electron chi connectivity index (χ0n) is 15.0. The Balaban J connectivity index is 1.76. The summed E-state index contributed by atoms with van der Waals surface area (Å²) in [4.78, 5) is 12.8. The van der Waals surface area contributed by atoms with Crippen molar-refractivity contribution in [1.82, 2.24) is 10.2 Å². The predicted octanol–water partition coefficient (Wildman–Crippen LogP) is 5.16. The maximum atomic E-state index is 13.0. The highest BCUT2D eigenvalue weighted by Gasteiger charge is 2.22. The maximum Gasteiger partial charge on any atom is 0.277 e. The second-order valence-electron chi connectivity index (χ2n) is 6.26. The number of nitrogens with zero attached hydrogens (tertiary/aromatic N) is 2. The molecule has 3 aromatic rings. The zero-order chi connectivity index (χ0) is 18.8. The molecular weight excluding hydrogens is 351 g/mol. The molecule has 134 valence electrons. The number of rotatable bonds is 5. The van der Waals surface area contributed by atoms with Crippen molar-refractivity contribution in [1.29, 1.82) is 0 Å². The first-order valence-corrected chi connectivity index (χ1v) is 9.11. The number of carbonyl (C=O) groups excluding carboxylic acids is 1. The summed E-state index contributed by atoms with van der Waals surface area (Å²) in [5.74, 6) is -0.00233. The number of halogens is 1. The fourth-order valence-corrected chi connectivity index (χ4v) is 3.37. The molecule has 0 amide bonds. The van der Waals surface area contributed by atoms with Gasteiger partial charge in [-0.3, -0.25) is 4.79 Å². The summed E-state index contributed by atoms with van der Waals surface area (Å²) in [7, 11) is 0. The molecule has 1 aromatic heterocycles. The summed E-state index contributed by atoms with van der Waals surface area (Å²) in [6.07, 6.45) is 0. The summed E-state index contributed by atoms with van der Waals surface area (Å²) in [5.41, 5.74) is 4.57. The molecule has 0 saturated carbocycles. The molecule has 0 fully saturated rings. The third-order valence-corrected chi connectivity index (χ3v) is 5.18. The van der Waals surface area contributed by atoms with E-state index < -0.39 is 0 Å². The fourth-order valence-electron chi connectivity index (χ4n) is 2.62. The van der Waals surface area contributed by atoms with Crippen LogP contribution in [0.15, 0.2) is 46.0 Å². The van der Waals surface area contributed by atoms with Gasteiger partial charge in [0.2, 0.25) is 5.89 Å². The van der Waals surface area contributed by atoms with Gasteiger partial charge in [-0.2, -0.15) is 0 Å². The molecule has 4 nitrogen and oxygen atoms in total. The number of hydrogen-bond donors (Lipinski definition) is 0. The first-order chi connectivity index (χ1) is 12.3. The molecule has 0 spiro atoms. The highest BCUT2D eigenvalue weighted by molar-refractivity contribution is 8.00. The van der Waals surface area contributed by atoms with Crippen LogP contribution in [-0.2, 0) is 0 Å². The van der Waals surface area contributed by atoms with Crippen molar-refractivity contribution >= 4 is 17.5 Å². The SMILES string of the molecule is Cc1cc(C)c(C(=O)[C@H](C)Sc2nnc(-c3ccc(F)cc3)o2)cc1C. The lowest BCUT2D eigenvalue weighted by Gasteiger charge is -2.12. The standard InChI is InChI=1S/C20H19FN2O2S/c1-11-9-13(3)17(10-12(11)2)18(24)14(4)26-20-23-22-19(25-20)15-5-7-16(21)8-6-15/h5-10,14H,1-4H3/t14-/m0/s1. The molecule has 0 bridgehead atoms. The normalized spacial score (nSPS) is 12.2. The number of ketones is 1. The van der Waals surface area contributed by atoms with Crippen molar-refractivity contribution in [2.45, 2.75) is 38.2 Å². The molecule has 6 heteroatoms. The van der Waals surface area contributed by atoms with E-state index in [9.17, 15) is 9.18 Å². The summed E-state index contributed by atoms with van der Waals surface area (Å²) < 4.78 is 18.6. The van der Waals surface area contributed by atoms with Gasteiger partial charge in [-0.1, -0.05) is 17.8 Å². The number of Topliss-reactive ketones (excluding diaryl/α,β-unsaturated/α-hetero) is 1. The van der Waals surface area contributed by atoms with Crippen molar-refractivity contribution in [3.63, 3.8) is 0 Å². The van der Waals surface area contributed by atoms with Gasteiger partial charge < -0.3 is 4.42 Å². The molecule has 0 saturated heterocycles. The van der Waals surface area contributed by atoms with Gasteiger partial charge in [0.05, 0.1) is 5.25 Å². The van der Waals surface area contributed by atoms with Crippen molar-refractivity contribution in [3.8, 4) is 11.5 Å². The molecule has 0 aliphatic carbocycles. The number of aromatic nitrogens is 2. The number of benzene rings is 2. The largest absolute Gasteiger partial charge is 0.411 e. The third kappa shape index (κ3) is 3.85. The monoisotopic (exact) mass is 370 g/mol. The number of carbonyl (C=O) groups is 1. The molecule has 3 rings (SSSR count). The lowest BCUT2D eigenvalue weighted by Crippen LogP contribution is -2.15. The highest BCUT2D eigenvalue weighted by atomic mass is 32.2. The van der Waals surface area contributed by atoms with Crippen LogP contribution in [0, 0.1) is 26.6 Å². The van der Waals surface area contributed by atoms with Crippen LogP contribution < -0.4 is 0 Å². The van der Waals surface area contributed by atoms with Crippen molar-refractivity contribution in [2.75, 3.05) is 0 Å². The second-order valence-corrected chi connectivity index (χ2v) is 7.55. The van der Waals surface area contributed by atoms with Crippen LogP contribution >= 0.6 is 11.8 Å². The Morgan fingerprint density at radius 1 is 1.04 bits per heavy atom. The predicted molar refractivity (Wildman–Crippen MR) is 100.0 cm³/mol. The minimum Gasteiger partial charge on any atom is -0.411 e. The lowest BCUT2D eigenvalue weighted by molar-refractivity contribution is 0.0993. The van der Waals surface area contributed by atoms with Crippen LogP contribution in [0.2, 0.25) is 0 Å². The Hall–Kier alpha value is -2.47. The molecule has 0 N–H and O–H groups in total. The number of thioether (sulfide) groups is 1. The third-order valence-electron chi connectivity index (χ3n) is 4.25. The van der Waals surface area contributed by atoms with Gasteiger partial charge in [-0.05, 0) is 74.7 Å². The Morgan fingerprint density at radius 2 is 1.69 bits per heavy atom. The van der Waals surface area contributed by atoms with E-state index in [0.29, 0.717) is 22.2 Å². The van der Waals surface area contributed by atoms with Crippen LogP contribution in [0.4, 0.5) is 4.39 Å². The minimum absolute atomic E-state index is 0.0251. The van der Waals surface area contributed by atoms with Gasteiger partial charge >= 0.3 is 0 Å². The smallest absolute Gasteiger partial charge is 0.277 e.